The summed E-state index contributed by atoms with van der Waals surface area (Å²) in [5, 5.41) is -1.07. The van der Waals surface area contributed by atoms with E-state index in [4.69, 9.17) is 29.6 Å². The van der Waals surface area contributed by atoms with Crippen LogP contribution in [0.25, 0.3) is 11.3 Å². The summed E-state index contributed by atoms with van der Waals surface area (Å²) in [7, 11) is 0. The topological polar surface area (TPSA) is 25.8 Å². The molecule has 0 spiro atoms. The monoisotopic (exact) mass is 336 g/mol. The third kappa shape index (κ3) is 2.62. The highest BCUT2D eigenvalue weighted by atomic mass is 35.5. The van der Waals surface area contributed by atoms with Crippen molar-refractivity contribution in [2.45, 2.75) is 12.8 Å². The third-order valence-electron chi connectivity index (χ3n) is 2.40. The van der Waals surface area contributed by atoms with Crippen LogP contribution in [0.5, 0.6) is 0 Å². The van der Waals surface area contributed by atoms with Crippen LogP contribution in [0.2, 0.25) is 10.0 Å². The molecule has 104 valence electrons. The van der Waals surface area contributed by atoms with Gasteiger partial charge >= 0.3 is 0 Å². The van der Waals surface area contributed by atoms with Crippen LogP contribution in [0.15, 0.2) is 6.33 Å². The van der Waals surface area contributed by atoms with Gasteiger partial charge in [-0.3, -0.25) is 0 Å². The minimum atomic E-state index is -2.89. The molecule has 2 aromatic rings. The molecule has 0 bridgehead atoms. The fraction of sp³-hybridized carbons (Fsp3) is 0.167. The molecule has 2 nitrogen and oxygen atoms in total. The van der Waals surface area contributed by atoms with Gasteiger partial charge in [0.15, 0.2) is 5.13 Å². The molecule has 2 heterocycles. The van der Waals surface area contributed by atoms with Gasteiger partial charge in [-0.05, 0) is 0 Å². The van der Waals surface area contributed by atoms with Gasteiger partial charge in [0.1, 0.15) is 12.0 Å². The predicted molar refractivity (Wildman–Crippen MR) is 72.8 cm³/mol. The number of nitrogens with zero attached hydrogens (tertiary/aromatic N) is 2. The second-order valence-corrected chi connectivity index (χ2v) is 5.40. The van der Waals surface area contributed by atoms with Crippen molar-refractivity contribution in [3.63, 3.8) is 0 Å². The van der Waals surface area contributed by atoms with E-state index in [-0.39, 0.29) is 22.7 Å². The molecule has 0 radical (unpaired) electrons. The molecule has 0 saturated heterocycles. The lowest BCUT2D eigenvalue weighted by Crippen LogP contribution is -1.97. The number of alkyl halides is 2. The van der Waals surface area contributed by atoms with E-state index in [9.17, 15) is 13.2 Å². The molecule has 0 aliphatic carbocycles. The summed E-state index contributed by atoms with van der Waals surface area (Å²) in [4.78, 5) is 7.53. The molecule has 2 aromatic heterocycles. The molecule has 2 rings (SSSR count). The number of rotatable bonds is 3. The van der Waals surface area contributed by atoms with E-state index >= 15 is 0 Å². The highest BCUT2D eigenvalue weighted by molar-refractivity contribution is 7.11. The molecule has 0 fully saturated rings. The second kappa shape index (κ2) is 6.00. The highest BCUT2D eigenvalue weighted by Crippen LogP contribution is 2.42. The predicted octanol–water partition coefficient (Wildman–Crippen LogP) is 4.76. The van der Waals surface area contributed by atoms with Crippen molar-refractivity contribution in [1.29, 1.82) is 0 Å². The van der Waals surface area contributed by atoms with E-state index in [2.05, 4.69) is 15.9 Å². The molecule has 0 unspecified atom stereocenters. The van der Waals surface area contributed by atoms with Gasteiger partial charge in [0.05, 0.1) is 21.3 Å². The van der Waals surface area contributed by atoms with Crippen molar-refractivity contribution in [3.05, 3.63) is 32.1 Å². The summed E-state index contributed by atoms with van der Waals surface area (Å²) in [6.45, 7) is 0. The zero-order valence-electron chi connectivity index (χ0n) is 9.63. The fourth-order valence-corrected chi connectivity index (χ4v) is 3.09. The van der Waals surface area contributed by atoms with Crippen LogP contribution >= 0.6 is 34.5 Å². The van der Waals surface area contributed by atoms with Gasteiger partial charge in [0.2, 0.25) is 0 Å². The van der Waals surface area contributed by atoms with Crippen LogP contribution in [0.3, 0.4) is 0 Å². The number of thiophene rings is 1. The van der Waals surface area contributed by atoms with Gasteiger partial charge in [-0.1, -0.05) is 23.2 Å². The van der Waals surface area contributed by atoms with Gasteiger partial charge in [0, 0.05) is 11.3 Å². The summed E-state index contributed by atoms with van der Waals surface area (Å²) in [6.07, 6.45) is 3.27. The first kappa shape index (κ1) is 15.1. The summed E-state index contributed by atoms with van der Waals surface area (Å²) in [5.41, 5.74) is -0.966. The van der Waals surface area contributed by atoms with Crippen molar-refractivity contribution in [3.8, 4) is 23.6 Å². The average Bonchev–Trinajstić information content (AvgIpc) is 2.66. The largest absolute Gasteiger partial charge is 0.281 e. The molecular formula is C12H5Cl2F3N2S. The summed E-state index contributed by atoms with van der Waals surface area (Å²) < 4.78 is 39.4. The molecule has 0 amide bonds. The van der Waals surface area contributed by atoms with Crippen molar-refractivity contribution in [1.82, 2.24) is 9.97 Å². The lowest BCUT2D eigenvalue weighted by molar-refractivity contribution is 0.146. The Morgan fingerprint density at radius 3 is 2.60 bits per heavy atom. The van der Waals surface area contributed by atoms with Crippen LogP contribution in [0.1, 0.15) is 17.0 Å². The van der Waals surface area contributed by atoms with Gasteiger partial charge < -0.3 is 0 Å². The summed E-state index contributed by atoms with van der Waals surface area (Å²) in [5.74, 6) is 2.33. The first-order valence-corrected chi connectivity index (χ1v) is 6.73. The third-order valence-corrected chi connectivity index (χ3v) is 4.28. The molecule has 0 aliphatic rings. The SMILES string of the molecule is C#CCc1sc(F)c(-c2ncnc(C(F)F)c2Cl)c1Cl. The zero-order valence-corrected chi connectivity index (χ0v) is 12.0. The Morgan fingerprint density at radius 1 is 1.30 bits per heavy atom. The number of hydrogen-bond donors (Lipinski definition) is 0. The van der Waals surface area contributed by atoms with Crippen LogP contribution in [-0.2, 0) is 6.42 Å². The molecular weight excluding hydrogens is 332 g/mol. The van der Waals surface area contributed by atoms with Gasteiger partial charge in [-0.2, -0.15) is 4.39 Å². The number of halogens is 5. The summed E-state index contributed by atoms with van der Waals surface area (Å²) in [6, 6.07) is 0. The Bertz CT molecular complexity index is 695. The molecule has 0 aliphatic heterocycles. The standard InChI is InChI=1S/C12H5Cl2F3N2S/c1-2-3-5-7(13)6(12(17)20-5)9-8(14)10(11(15)16)19-4-18-9/h1,4,11H,3H2. The quantitative estimate of drug-likeness (QED) is 0.755. The molecule has 0 saturated carbocycles. The first-order chi connectivity index (χ1) is 9.47. The lowest BCUT2D eigenvalue weighted by atomic mass is 10.2. The van der Waals surface area contributed by atoms with E-state index in [0.717, 1.165) is 17.7 Å². The van der Waals surface area contributed by atoms with Crippen molar-refractivity contribution in [2.24, 2.45) is 0 Å². The Morgan fingerprint density at radius 2 is 2.00 bits per heavy atom. The Labute approximate surface area is 126 Å². The van der Waals surface area contributed by atoms with Crippen molar-refractivity contribution < 1.29 is 13.2 Å². The van der Waals surface area contributed by atoms with Gasteiger partial charge in [-0.15, -0.1) is 23.7 Å². The maximum absolute atomic E-state index is 14.0. The van der Waals surface area contributed by atoms with Crippen molar-refractivity contribution >= 4 is 34.5 Å². The molecule has 0 aromatic carbocycles. The van der Waals surface area contributed by atoms with Crippen LogP contribution in [0, 0.1) is 17.5 Å². The second-order valence-electron chi connectivity index (χ2n) is 3.59. The van der Waals surface area contributed by atoms with E-state index in [1.807, 2.05) is 0 Å². The van der Waals surface area contributed by atoms with Crippen LogP contribution in [0.4, 0.5) is 13.2 Å². The zero-order chi connectivity index (χ0) is 14.9. The molecule has 0 atom stereocenters. The van der Waals surface area contributed by atoms with Crippen LogP contribution < -0.4 is 0 Å². The van der Waals surface area contributed by atoms with Crippen molar-refractivity contribution in [2.75, 3.05) is 0 Å². The summed E-state index contributed by atoms with van der Waals surface area (Å²) >= 11 is 12.6. The van der Waals surface area contributed by atoms with E-state index in [0.29, 0.717) is 4.88 Å². The Hall–Kier alpha value is -1.29. The van der Waals surface area contributed by atoms with E-state index < -0.39 is 22.3 Å². The lowest BCUT2D eigenvalue weighted by Gasteiger charge is -2.06. The average molecular weight is 337 g/mol. The Kier molecular flexibility index (Phi) is 4.53. The number of hydrogen-bond acceptors (Lipinski definition) is 3. The van der Waals surface area contributed by atoms with Gasteiger partial charge in [-0.25, -0.2) is 18.7 Å². The Balaban J connectivity index is 2.64. The normalized spacial score (nSPS) is 10.8. The first-order valence-electron chi connectivity index (χ1n) is 5.16. The van der Waals surface area contributed by atoms with E-state index in [1.54, 1.807) is 0 Å². The maximum atomic E-state index is 14.0. The number of terminal acetylenes is 1. The molecule has 0 N–H and O–H groups in total. The fourth-order valence-electron chi connectivity index (χ4n) is 1.54. The maximum Gasteiger partial charge on any atom is 0.281 e. The number of aromatic nitrogens is 2. The minimum absolute atomic E-state index is 0.0336. The van der Waals surface area contributed by atoms with E-state index in [1.165, 1.54) is 0 Å². The molecule has 20 heavy (non-hydrogen) atoms. The van der Waals surface area contributed by atoms with Gasteiger partial charge in [0.25, 0.3) is 6.43 Å². The minimum Gasteiger partial charge on any atom is -0.235 e. The molecule has 8 heteroatoms. The smallest absolute Gasteiger partial charge is 0.235 e. The highest BCUT2D eigenvalue weighted by Gasteiger charge is 2.25. The van der Waals surface area contributed by atoms with Crippen LogP contribution in [-0.4, -0.2) is 9.97 Å².